The first kappa shape index (κ1) is 17.0. The van der Waals surface area contributed by atoms with E-state index in [2.05, 4.69) is 37.1 Å². The predicted molar refractivity (Wildman–Crippen MR) is 92.7 cm³/mol. The Morgan fingerprint density at radius 2 is 1.62 bits per heavy atom. The molecule has 0 spiro atoms. The Bertz CT molecular complexity index is 304. The molecule has 122 valence electrons. The van der Waals surface area contributed by atoms with E-state index >= 15 is 0 Å². The van der Waals surface area contributed by atoms with Gasteiger partial charge in [-0.25, -0.2) is 0 Å². The summed E-state index contributed by atoms with van der Waals surface area (Å²) in [5, 5.41) is 3.96. The Hall–Kier alpha value is -0.340. The molecule has 1 aliphatic carbocycles. The second-order valence-corrected chi connectivity index (χ2v) is 7.53. The third kappa shape index (κ3) is 6.12. The van der Waals surface area contributed by atoms with Gasteiger partial charge in [0.15, 0.2) is 0 Å². The van der Waals surface area contributed by atoms with E-state index in [1.807, 2.05) is 0 Å². The maximum Gasteiger partial charge on any atom is 0.0165 e. The fraction of sp³-hybridized carbons (Fsp3) is 0.895. The van der Waals surface area contributed by atoms with Gasteiger partial charge in [0.2, 0.25) is 0 Å². The summed E-state index contributed by atoms with van der Waals surface area (Å²) in [4.78, 5) is 2.60. The molecule has 0 bridgehead atoms. The Labute approximate surface area is 132 Å². The quantitative estimate of drug-likeness (QED) is 0.732. The summed E-state index contributed by atoms with van der Waals surface area (Å²) in [6, 6.07) is 1.59. The number of rotatable bonds is 6. The number of hydrogen-bond acceptors (Lipinski definition) is 2. The van der Waals surface area contributed by atoms with Crippen LogP contribution < -0.4 is 5.32 Å². The van der Waals surface area contributed by atoms with Crippen LogP contribution in [-0.2, 0) is 0 Å². The van der Waals surface area contributed by atoms with Crippen LogP contribution in [0.4, 0.5) is 0 Å². The largest absolute Gasteiger partial charge is 0.311 e. The van der Waals surface area contributed by atoms with Crippen molar-refractivity contribution >= 4 is 0 Å². The molecule has 1 heterocycles. The summed E-state index contributed by atoms with van der Waals surface area (Å²) in [5.74, 6) is 1.03. The van der Waals surface area contributed by atoms with Gasteiger partial charge in [0.1, 0.15) is 0 Å². The van der Waals surface area contributed by atoms with Gasteiger partial charge in [0.05, 0.1) is 0 Å². The molecule has 0 atom stereocenters. The van der Waals surface area contributed by atoms with Gasteiger partial charge >= 0.3 is 0 Å². The SMILES string of the molecule is CCCC1CCC(NC2CCN(CC=C(C)C)CC2)CC1. The molecule has 0 aromatic heterocycles. The topological polar surface area (TPSA) is 15.3 Å². The van der Waals surface area contributed by atoms with Crippen molar-refractivity contribution in [2.24, 2.45) is 5.92 Å². The van der Waals surface area contributed by atoms with Crippen molar-refractivity contribution in [3.63, 3.8) is 0 Å². The molecule has 2 rings (SSSR count). The highest BCUT2D eigenvalue weighted by atomic mass is 15.1. The number of allylic oxidation sites excluding steroid dienone is 1. The lowest BCUT2D eigenvalue weighted by molar-refractivity contribution is 0.188. The summed E-state index contributed by atoms with van der Waals surface area (Å²) >= 11 is 0. The highest BCUT2D eigenvalue weighted by molar-refractivity contribution is 4.96. The van der Waals surface area contributed by atoms with Crippen molar-refractivity contribution < 1.29 is 0 Å². The van der Waals surface area contributed by atoms with Crippen molar-refractivity contribution in [2.45, 2.75) is 84.2 Å². The van der Waals surface area contributed by atoms with Crippen LogP contribution in [0.5, 0.6) is 0 Å². The fourth-order valence-electron chi connectivity index (χ4n) is 3.95. The number of likely N-dealkylation sites (tertiary alicyclic amines) is 1. The Balaban J connectivity index is 1.62. The third-order valence-electron chi connectivity index (χ3n) is 5.36. The van der Waals surface area contributed by atoms with Crippen molar-refractivity contribution in [3.8, 4) is 0 Å². The van der Waals surface area contributed by atoms with E-state index in [-0.39, 0.29) is 0 Å². The monoisotopic (exact) mass is 292 g/mol. The molecule has 2 fully saturated rings. The molecule has 1 N–H and O–H groups in total. The van der Waals surface area contributed by atoms with Gasteiger partial charge in [-0.1, -0.05) is 31.4 Å². The van der Waals surface area contributed by atoms with Crippen molar-refractivity contribution in [2.75, 3.05) is 19.6 Å². The zero-order valence-corrected chi connectivity index (χ0v) is 14.5. The maximum atomic E-state index is 3.96. The number of hydrogen-bond donors (Lipinski definition) is 1. The first-order valence-corrected chi connectivity index (χ1v) is 9.29. The molecule has 2 aliphatic rings. The van der Waals surface area contributed by atoms with Crippen LogP contribution in [0.15, 0.2) is 11.6 Å². The Morgan fingerprint density at radius 1 is 1.00 bits per heavy atom. The molecule has 1 aliphatic heterocycles. The lowest BCUT2D eigenvalue weighted by Gasteiger charge is -2.36. The molecule has 21 heavy (non-hydrogen) atoms. The fourth-order valence-corrected chi connectivity index (χ4v) is 3.95. The van der Waals surface area contributed by atoms with Gasteiger partial charge in [-0.15, -0.1) is 0 Å². The van der Waals surface area contributed by atoms with Crippen LogP contribution >= 0.6 is 0 Å². The molecular formula is C19H36N2. The number of nitrogens with zero attached hydrogens (tertiary/aromatic N) is 1. The summed E-state index contributed by atoms with van der Waals surface area (Å²) < 4.78 is 0. The zero-order valence-electron chi connectivity index (χ0n) is 14.5. The number of piperidine rings is 1. The minimum absolute atomic E-state index is 0.778. The molecule has 2 heteroatoms. The van der Waals surface area contributed by atoms with Gasteiger partial charge in [0.25, 0.3) is 0 Å². The summed E-state index contributed by atoms with van der Waals surface area (Å²) in [7, 11) is 0. The minimum atomic E-state index is 0.778. The lowest BCUT2D eigenvalue weighted by Crippen LogP contribution is -2.47. The Kier molecular flexibility index (Phi) is 7.25. The second-order valence-electron chi connectivity index (χ2n) is 7.53. The van der Waals surface area contributed by atoms with Crippen LogP contribution in [0.2, 0.25) is 0 Å². The van der Waals surface area contributed by atoms with Crippen molar-refractivity contribution in [1.82, 2.24) is 10.2 Å². The third-order valence-corrected chi connectivity index (χ3v) is 5.36. The first-order chi connectivity index (χ1) is 10.2. The molecule has 1 saturated carbocycles. The van der Waals surface area contributed by atoms with E-state index in [9.17, 15) is 0 Å². The molecule has 0 aromatic carbocycles. The van der Waals surface area contributed by atoms with Crippen LogP contribution in [-0.4, -0.2) is 36.6 Å². The van der Waals surface area contributed by atoms with E-state index in [4.69, 9.17) is 0 Å². The normalized spacial score (nSPS) is 28.5. The van der Waals surface area contributed by atoms with Crippen molar-refractivity contribution in [3.05, 3.63) is 11.6 Å². The molecule has 0 unspecified atom stereocenters. The van der Waals surface area contributed by atoms with Gasteiger partial charge in [-0.05, 0) is 71.4 Å². The molecular weight excluding hydrogens is 256 g/mol. The molecule has 2 nitrogen and oxygen atoms in total. The van der Waals surface area contributed by atoms with E-state index in [0.717, 1.165) is 24.5 Å². The van der Waals surface area contributed by atoms with Gasteiger partial charge in [-0.3, -0.25) is 4.90 Å². The van der Waals surface area contributed by atoms with Gasteiger partial charge in [0, 0.05) is 18.6 Å². The van der Waals surface area contributed by atoms with E-state index in [1.54, 1.807) is 0 Å². The predicted octanol–water partition coefficient (Wildman–Crippen LogP) is 4.37. The highest BCUT2D eigenvalue weighted by Crippen LogP contribution is 2.28. The van der Waals surface area contributed by atoms with Crippen molar-refractivity contribution in [1.29, 1.82) is 0 Å². The minimum Gasteiger partial charge on any atom is -0.311 e. The average molecular weight is 293 g/mol. The van der Waals surface area contributed by atoms with Crippen LogP contribution in [0, 0.1) is 5.92 Å². The van der Waals surface area contributed by atoms with Crippen LogP contribution in [0.1, 0.15) is 72.1 Å². The standard InChI is InChI=1S/C19H36N2/c1-4-5-17-6-8-18(9-7-17)20-19-11-14-21(15-12-19)13-10-16(2)3/h10,17-20H,4-9,11-15H2,1-3H3. The Morgan fingerprint density at radius 3 is 2.19 bits per heavy atom. The second kappa shape index (κ2) is 8.95. The first-order valence-electron chi connectivity index (χ1n) is 9.29. The smallest absolute Gasteiger partial charge is 0.0165 e. The molecule has 1 saturated heterocycles. The summed E-state index contributed by atoms with van der Waals surface area (Å²) in [6.45, 7) is 10.4. The summed E-state index contributed by atoms with van der Waals surface area (Å²) in [6.07, 6.45) is 13.6. The molecule has 0 aromatic rings. The zero-order chi connectivity index (χ0) is 15.1. The van der Waals surface area contributed by atoms with E-state index in [0.29, 0.717) is 0 Å². The van der Waals surface area contributed by atoms with E-state index in [1.165, 1.54) is 70.0 Å². The molecule has 0 amide bonds. The number of nitrogens with one attached hydrogen (secondary N) is 1. The van der Waals surface area contributed by atoms with Crippen LogP contribution in [0.3, 0.4) is 0 Å². The van der Waals surface area contributed by atoms with Gasteiger partial charge < -0.3 is 5.32 Å². The molecule has 0 radical (unpaired) electrons. The summed E-state index contributed by atoms with van der Waals surface area (Å²) in [5.41, 5.74) is 1.44. The lowest BCUT2D eigenvalue weighted by atomic mass is 9.83. The average Bonchev–Trinajstić information content (AvgIpc) is 2.49. The van der Waals surface area contributed by atoms with E-state index < -0.39 is 0 Å². The maximum absolute atomic E-state index is 3.96. The van der Waals surface area contributed by atoms with Crippen LogP contribution in [0.25, 0.3) is 0 Å². The highest BCUT2D eigenvalue weighted by Gasteiger charge is 2.24. The van der Waals surface area contributed by atoms with Gasteiger partial charge in [-0.2, -0.15) is 0 Å².